The van der Waals surface area contributed by atoms with Gasteiger partial charge in [-0.05, 0) is 18.8 Å². The molecule has 9 heavy (non-hydrogen) atoms. The van der Waals surface area contributed by atoms with E-state index in [2.05, 4.69) is 0 Å². The molecule has 2 bridgehead atoms. The molecule has 0 aromatic carbocycles. The van der Waals surface area contributed by atoms with Crippen LogP contribution in [0.5, 0.6) is 0 Å². The zero-order valence-corrected chi connectivity index (χ0v) is 5.00. The Hall–Kier alpha value is -0.570. The van der Waals surface area contributed by atoms with E-state index in [1.165, 1.54) is 0 Å². The zero-order chi connectivity index (χ0) is 6.65. The maximum absolute atomic E-state index is 10.5. The molecule has 0 heterocycles. The van der Waals surface area contributed by atoms with Gasteiger partial charge < -0.3 is 10.8 Å². The van der Waals surface area contributed by atoms with Gasteiger partial charge in [-0.25, -0.2) is 0 Å². The smallest absolute Gasteiger partial charge is 0.311 e. The summed E-state index contributed by atoms with van der Waals surface area (Å²) in [7, 11) is 0. The lowest BCUT2D eigenvalue weighted by molar-refractivity contribution is -0.192. The Bertz CT molecular complexity index is 172. The van der Waals surface area contributed by atoms with Crippen LogP contribution >= 0.6 is 0 Å². The molecule has 50 valence electrons. The Morgan fingerprint density at radius 3 is 2.22 bits per heavy atom. The second-order valence-electron chi connectivity index (χ2n) is 3.16. The summed E-state index contributed by atoms with van der Waals surface area (Å²) in [4.78, 5) is 10.5. The molecule has 0 aromatic rings. The Kier molecular flexibility index (Phi) is 0.662. The van der Waals surface area contributed by atoms with Crippen molar-refractivity contribution in [3.8, 4) is 0 Å². The molecule has 3 nitrogen and oxygen atoms in total. The van der Waals surface area contributed by atoms with Gasteiger partial charge in [-0.15, -0.1) is 0 Å². The minimum atomic E-state index is -0.697. The van der Waals surface area contributed by atoms with E-state index in [9.17, 15) is 4.79 Å². The van der Waals surface area contributed by atoms with Crippen LogP contribution in [0.4, 0.5) is 0 Å². The molecule has 0 amide bonds. The summed E-state index contributed by atoms with van der Waals surface area (Å²) < 4.78 is 0. The van der Waals surface area contributed by atoms with Gasteiger partial charge in [0.25, 0.3) is 0 Å². The van der Waals surface area contributed by atoms with Crippen LogP contribution in [0.15, 0.2) is 0 Å². The molecule has 3 heteroatoms. The highest BCUT2D eigenvalue weighted by atomic mass is 16.4. The zero-order valence-electron chi connectivity index (χ0n) is 5.00. The average Bonchev–Trinajstić information content (AvgIpc) is 1.60. The molecular formula is C6H9NO2. The summed E-state index contributed by atoms with van der Waals surface area (Å²) in [6, 6.07) is -0.0324. The third-order valence-corrected chi connectivity index (χ3v) is 2.82. The number of hydrogen-bond acceptors (Lipinski definition) is 2. The van der Waals surface area contributed by atoms with Crippen LogP contribution in [0.1, 0.15) is 12.8 Å². The second-order valence-corrected chi connectivity index (χ2v) is 3.16. The third-order valence-electron chi connectivity index (χ3n) is 2.82. The van der Waals surface area contributed by atoms with Crippen molar-refractivity contribution in [2.75, 3.05) is 0 Å². The lowest BCUT2D eigenvalue weighted by atomic mass is 9.41. The van der Waals surface area contributed by atoms with E-state index in [4.69, 9.17) is 10.8 Å². The number of carbonyl (C=O) groups is 1. The normalized spacial score (nSPS) is 53.4. The Labute approximate surface area is 52.8 Å². The standard InChI is InChI=1S/C6H9NO2/c7-4-3-1-6(4,2-3)5(8)9/h3-4H,1-2,7H2,(H,8,9). The van der Waals surface area contributed by atoms with E-state index in [-0.39, 0.29) is 6.04 Å². The summed E-state index contributed by atoms with van der Waals surface area (Å²) in [5.74, 6) is -0.168. The molecule has 3 aliphatic carbocycles. The molecule has 0 aromatic heterocycles. The minimum Gasteiger partial charge on any atom is -0.481 e. The van der Waals surface area contributed by atoms with Gasteiger partial charge in [0.05, 0.1) is 5.41 Å². The number of rotatable bonds is 1. The first-order valence-electron chi connectivity index (χ1n) is 3.16. The first-order valence-corrected chi connectivity index (χ1v) is 3.16. The van der Waals surface area contributed by atoms with Crippen molar-refractivity contribution >= 4 is 5.97 Å². The molecule has 0 aliphatic heterocycles. The summed E-state index contributed by atoms with van der Waals surface area (Å²) in [6.07, 6.45) is 1.65. The lowest BCUT2D eigenvalue weighted by Gasteiger charge is -2.63. The number of aliphatic carboxylic acids is 1. The van der Waals surface area contributed by atoms with Gasteiger partial charge in [0.2, 0.25) is 0 Å². The largest absolute Gasteiger partial charge is 0.481 e. The summed E-state index contributed by atoms with van der Waals surface area (Å²) >= 11 is 0. The van der Waals surface area contributed by atoms with E-state index in [1.54, 1.807) is 0 Å². The Morgan fingerprint density at radius 1 is 1.67 bits per heavy atom. The maximum Gasteiger partial charge on any atom is 0.311 e. The van der Waals surface area contributed by atoms with Gasteiger partial charge in [0, 0.05) is 6.04 Å². The van der Waals surface area contributed by atoms with Crippen LogP contribution in [0, 0.1) is 11.3 Å². The maximum atomic E-state index is 10.5. The fourth-order valence-electron chi connectivity index (χ4n) is 1.85. The van der Waals surface area contributed by atoms with Gasteiger partial charge in [-0.1, -0.05) is 0 Å². The predicted molar refractivity (Wildman–Crippen MR) is 30.8 cm³/mol. The van der Waals surface area contributed by atoms with Gasteiger partial charge in [0.1, 0.15) is 0 Å². The molecular weight excluding hydrogens is 118 g/mol. The topological polar surface area (TPSA) is 63.3 Å². The van der Waals surface area contributed by atoms with Crippen molar-refractivity contribution in [2.45, 2.75) is 18.9 Å². The summed E-state index contributed by atoms with van der Waals surface area (Å²) in [6.45, 7) is 0. The second kappa shape index (κ2) is 1.14. The van der Waals surface area contributed by atoms with Gasteiger partial charge in [-0.2, -0.15) is 0 Å². The highest BCUT2D eigenvalue weighted by Crippen LogP contribution is 2.63. The van der Waals surface area contributed by atoms with E-state index in [0.717, 1.165) is 12.8 Å². The fourth-order valence-corrected chi connectivity index (χ4v) is 1.85. The molecule has 1 unspecified atom stereocenters. The average molecular weight is 127 g/mol. The van der Waals surface area contributed by atoms with Crippen LogP contribution in [0.3, 0.4) is 0 Å². The lowest BCUT2D eigenvalue weighted by Crippen LogP contribution is -2.73. The van der Waals surface area contributed by atoms with Crippen LogP contribution < -0.4 is 5.73 Å². The van der Waals surface area contributed by atoms with Crippen molar-refractivity contribution in [2.24, 2.45) is 17.1 Å². The van der Waals surface area contributed by atoms with Crippen LogP contribution in [-0.4, -0.2) is 17.1 Å². The van der Waals surface area contributed by atoms with Gasteiger partial charge >= 0.3 is 5.97 Å². The molecule has 3 saturated carbocycles. The molecule has 0 spiro atoms. The molecule has 3 fully saturated rings. The monoisotopic (exact) mass is 127 g/mol. The molecule has 0 radical (unpaired) electrons. The summed E-state index contributed by atoms with van der Waals surface area (Å²) in [5.41, 5.74) is 5.05. The molecule has 3 aliphatic rings. The van der Waals surface area contributed by atoms with E-state index >= 15 is 0 Å². The van der Waals surface area contributed by atoms with E-state index < -0.39 is 11.4 Å². The van der Waals surface area contributed by atoms with Crippen LogP contribution in [0.25, 0.3) is 0 Å². The van der Waals surface area contributed by atoms with Crippen LogP contribution in [-0.2, 0) is 4.79 Å². The molecule has 0 saturated heterocycles. The Morgan fingerprint density at radius 2 is 2.22 bits per heavy atom. The molecule has 3 rings (SSSR count). The minimum absolute atomic E-state index is 0.0324. The highest BCUT2D eigenvalue weighted by molar-refractivity contribution is 5.80. The van der Waals surface area contributed by atoms with E-state index in [1.807, 2.05) is 0 Å². The number of carboxylic acid groups (broad SMARTS) is 1. The first kappa shape index (κ1) is 5.23. The van der Waals surface area contributed by atoms with Crippen molar-refractivity contribution in [3.63, 3.8) is 0 Å². The summed E-state index contributed by atoms with van der Waals surface area (Å²) in [5, 5.41) is 8.62. The van der Waals surface area contributed by atoms with Crippen molar-refractivity contribution in [1.82, 2.24) is 0 Å². The van der Waals surface area contributed by atoms with E-state index in [0.29, 0.717) is 5.92 Å². The number of nitrogens with two attached hydrogens (primary N) is 1. The first-order chi connectivity index (χ1) is 4.17. The van der Waals surface area contributed by atoms with Gasteiger partial charge in [0.15, 0.2) is 0 Å². The van der Waals surface area contributed by atoms with Crippen molar-refractivity contribution in [3.05, 3.63) is 0 Å². The third kappa shape index (κ3) is 0.339. The molecule has 3 N–H and O–H groups in total. The molecule has 1 atom stereocenters. The Balaban J connectivity index is 2.19. The van der Waals surface area contributed by atoms with Crippen molar-refractivity contribution in [1.29, 1.82) is 0 Å². The van der Waals surface area contributed by atoms with Gasteiger partial charge in [-0.3, -0.25) is 4.79 Å². The van der Waals surface area contributed by atoms with Crippen LogP contribution in [0.2, 0.25) is 0 Å². The predicted octanol–water partition coefficient (Wildman–Crippen LogP) is -0.192. The highest BCUT2D eigenvalue weighted by Gasteiger charge is 2.68. The SMILES string of the molecule is NC1C2CC1(C(=O)O)C2. The fraction of sp³-hybridized carbons (Fsp3) is 0.833. The number of hydrogen-bond donors (Lipinski definition) is 2. The quantitative estimate of drug-likeness (QED) is 0.513. The number of carboxylic acids is 1. The van der Waals surface area contributed by atoms with Crippen molar-refractivity contribution < 1.29 is 9.90 Å².